The number of methoxy groups -OCH3 is 2. The Hall–Kier alpha value is -2.20. The van der Waals surface area contributed by atoms with E-state index >= 15 is 0 Å². The molecule has 0 heterocycles. The molecule has 0 unspecified atom stereocenters. The van der Waals surface area contributed by atoms with Gasteiger partial charge in [-0.2, -0.15) is 0 Å². The van der Waals surface area contributed by atoms with Gasteiger partial charge in [0, 0.05) is 17.7 Å². The molecule has 0 bridgehead atoms. The minimum atomic E-state index is -0.101. The van der Waals surface area contributed by atoms with E-state index in [0.717, 1.165) is 28.4 Å². The van der Waals surface area contributed by atoms with Gasteiger partial charge in [0.2, 0.25) is 0 Å². The van der Waals surface area contributed by atoms with Crippen molar-refractivity contribution in [3.05, 3.63) is 53.6 Å². The number of hydrogen-bond acceptors (Lipinski definition) is 4. The minimum Gasteiger partial charge on any atom is -0.497 e. The van der Waals surface area contributed by atoms with Crippen LogP contribution in [-0.2, 0) is 6.61 Å². The van der Waals surface area contributed by atoms with Crippen LogP contribution >= 0.6 is 0 Å². The Morgan fingerprint density at radius 3 is 2.38 bits per heavy atom. The molecule has 112 valence electrons. The summed E-state index contributed by atoms with van der Waals surface area (Å²) in [5.74, 6) is 2.31. The molecule has 2 aromatic carbocycles. The first-order chi connectivity index (χ1) is 10.1. The Morgan fingerprint density at radius 2 is 1.71 bits per heavy atom. The molecule has 0 fully saturated rings. The molecule has 0 spiro atoms. The molecule has 0 radical (unpaired) electrons. The summed E-state index contributed by atoms with van der Waals surface area (Å²) in [5.41, 5.74) is 7.97. The fourth-order valence-electron chi connectivity index (χ4n) is 2.07. The summed E-state index contributed by atoms with van der Waals surface area (Å²) in [6.07, 6.45) is 0. The van der Waals surface area contributed by atoms with Crippen LogP contribution in [0.15, 0.2) is 42.5 Å². The van der Waals surface area contributed by atoms with Crippen molar-refractivity contribution >= 4 is 0 Å². The van der Waals surface area contributed by atoms with Crippen LogP contribution in [0.1, 0.15) is 24.1 Å². The molecule has 0 aromatic heterocycles. The Bertz CT molecular complexity index is 596. The monoisotopic (exact) mass is 287 g/mol. The van der Waals surface area contributed by atoms with Crippen molar-refractivity contribution in [2.75, 3.05) is 14.2 Å². The zero-order valence-corrected chi connectivity index (χ0v) is 12.6. The predicted octanol–water partition coefficient (Wildman–Crippen LogP) is 3.30. The van der Waals surface area contributed by atoms with E-state index < -0.39 is 0 Å². The van der Waals surface area contributed by atoms with Crippen LogP contribution in [0.5, 0.6) is 17.2 Å². The second-order valence-electron chi connectivity index (χ2n) is 4.83. The number of benzene rings is 2. The fourth-order valence-corrected chi connectivity index (χ4v) is 2.07. The van der Waals surface area contributed by atoms with E-state index in [0.29, 0.717) is 6.61 Å². The maximum atomic E-state index is 5.98. The number of ether oxygens (including phenoxy) is 3. The van der Waals surface area contributed by atoms with Crippen LogP contribution in [-0.4, -0.2) is 14.2 Å². The van der Waals surface area contributed by atoms with Crippen molar-refractivity contribution in [3.8, 4) is 17.2 Å². The summed E-state index contributed by atoms with van der Waals surface area (Å²) < 4.78 is 16.4. The first-order valence-electron chi connectivity index (χ1n) is 6.83. The van der Waals surface area contributed by atoms with E-state index in [1.165, 1.54) is 0 Å². The van der Waals surface area contributed by atoms with Crippen molar-refractivity contribution in [1.29, 1.82) is 0 Å². The lowest BCUT2D eigenvalue weighted by Gasteiger charge is -2.15. The van der Waals surface area contributed by atoms with Crippen LogP contribution in [0.2, 0.25) is 0 Å². The van der Waals surface area contributed by atoms with E-state index in [2.05, 4.69) is 0 Å². The third-order valence-electron chi connectivity index (χ3n) is 3.24. The molecule has 2 aromatic rings. The standard InChI is InChI=1S/C17H21NO3/c1-12(18)16-8-7-15(20-3)10-17(16)21-11-13-5-4-6-14(9-13)19-2/h4-10,12H,11,18H2,1-3H3/t12-/m1/s1. The minimum absolute atomic E-state index is 0.101. The average molecular weight is 287 g/mol. The highest BCUT2D eigenvalue weighted by Gasteiger charge is 2.10. The first kappa shape index (κ1) is 15.2. The van der Waals surface area contributed by atoms with Gasteiger partial charge in [0.25, 0.3) is 0 Å². The average Bonchev–Trinajstić information content (AvgIpc) is 2.52. The van der Waals surface area contributed by atoms with Gasteiger partial charge in [-0.1, -0.05) is 18.2 Å². The molecule has 2 rings (SSSR count). The van der Waals surface area contributed by atoms with Crippen LogP contribution in [0, 0.1) is 0 Å². The molecule has 0 amide bonds. The highest BCUT2D eigenvalue weighted by atomic mass is 16.5. The van der Waals surface area contributed by atoms with Crippen molar-refractivity contribution in [2.45, 2.75) is 19.6 Å². The molecule has 21 heavy (non-hydrogen) atoms. The number of nitrogens with two attached hydrogens (primary N) is 1. The quantitative estimate of drug-likeness (QED) is 0.885. The second kappa shape index (κ2) is 6.99. The van der Waals surface area contributed by atoms with E-state index in [-0.39, 0.29) is 6.04 Å². The third kappa shape index (κ3) is 3.89. The Labute approximate surface area is 125 Å². The van der Waals surface area contributed by atoms with Crippen LogP contribution in [0.25, 0.3) is 0 Å². The van der Waals surface area contributed by atoms with Crippen molar-refractivity contribution in [1.82, 2.24) is 0 Å². The number of rotatable bonds is 6. The summed E-state index contributed by atoms with van der Waals surface area (Å²) in [6, 6.07) is 13.4. The second-order valence-corrected chi connectivity index (χ2v) is 4.83. The van der Waals surface area contributed by atoms with E-state index in [4.69, 9.17) is 19.9 Å². The van der Waals surface area contributed by atoms with Crippen LogP contribution in [0.3, 0.4) is 0 Å². The molecule has 4 heteroatoms. The molecule has 2 N–H and O–H groups in total. The molecular weight excluding hydrogens is 266 g/mol. The smallest absolute Gasteiger partial charge is 0.128 e. The summed E-state index contributed by atoms with van der Waals surface area (Å²) in [5, 5.41) is 0. The van der Waals surface area contributed by atoms with E-state index in [1.807, 2.05) is 49.4 Å². The summed E-state index contributed by atoms with van der Waals surface area (Å²) in [6.45, 7) is 2.38. The highest BCUT2D eigenvalue weighted by Crippen LogP contribution is 2.29. The van der Waals surface area contributed by atoms with Crippen LogP contribution in [0.4, 0.5) is 0 Å². The van der Waals surface area contributed by atoms with E-state index in [9.17, 15) is 0 Å². The Kier molecular flexibility index (Phi) is 5.06. The molecule has 1 atom stereocenters. The van der Waals surface area contributed by atoms with Gasteiger partial charge in [0.15, 0.2) is 0 Å². The molecule has 0 aliphatic heterocycles. The van der Waals surface area contributed by atoms with E-state index in [1.54, 1.807) is 14.2 Å². The zero-order chi connectivity index (χ0) is 15.2. The Balaban J connectivity index is 2.17. The largest absolute Gasteiger partial charge is 0.497 e. The van der Waals surface area contributed by atoms with Crippen LogP contribution < -0.4 is 19.9 Å². The van der Waals surface area contributed by atoms with Gasteiger partial charge < -0.3 is 19.9 Å². The topological polar surface area (TPSA) is 53.7 Å². The lowest BCUT2D eigenvalue weighted by atomic mass is 10.1. The van der Waals surface area contributed by atoms with Crippen molar-refractivity contribution in [2.24, 2.45) is 5.73 Å². The SMILES string of the molecule is COc1cccc(COc2cc(OC)ccc2[C@@H](C)N)c1. The molecular formula is C17H21NO3. The maximum Gasteiger partial charge on any atom is 0.128 e. The van der Waals surface area contributed by atoms with Gasteiger partial charge in [-0.15, -0.1) is 0 Å². The molecule has 0 saturated carbocycles. The third-order valence-corrected chi connectivity index (χ3v) is 3.24. The van der Waals surface area contributed by atoms with Crippen molar-refractivity contribution in [3.63, 3.8) is 0 Å². The molecule has 4 nitrogen and oxygen atoms in total. The lowest BCUT2D eigenvalue weighted by molar-refractivity contribution is 0.298. The molecule has 0 saturated heterocycles. The summed E-state index contributed by atoms with van der Waals surface area (Å²) in [4.78, 5) is 0. The van der Waals surface area contributed by atoms with Gasteiger partial charge in [0.1, 0.15) is 23.9 Å². The Morgan fingerprint density at radius 1 is 1.00 bits per heavy atom. The fraction of sp³-hybridized carbons (Fsp3) is 0.294. The summed E-state index contributed by atoms with van der Waals surface area (Å²) in [7, 11) is 3.28. The van der Waals surface area contributed by atoms with Gasteiger partial charge in [0.05, 0.1) is 14.2 Å². The lowest BCUT2D eigenvalue weighted by Crippen LogP contribution is -2.08. The number of hydrogen-bond donors (Lipinski definition) is 1. The van der Waals surface area contributed by atoms with Gasteiger partial charge in [-0.3, -0.25) is 0 Å². The van der Waals surface area contributed by atoms with Gasteiger partial charge in [-0.05, 0) is 30.7 Å². The molecule has 0 aliphatic rings. The first-order valence-corrected chi connectivity index (χ1v) is 6.83. The van der Waals surface area contributed by atoms with Gasteiger partial charge in [-0.25, -0.2) is 0 Å². The van der Waals surface area contributed by atoms with Gasteiger partial charge >= 0.3 is 0 Å². The zero-order valence-electron chi connectivity index (χ0n) is 12.6. The summed E-state index contributed by atoms with van der Waals surface area (Å²) >= 11 is 0. The predicted molar refractivity (Wildman–Crippen MR) is 82.9 cm³/mol. The van der Waals surface area contributed by atoms with Crippen molar-refractivity contribution < 1.29 is 14.2 Å². The normalized spacial score (nSPS) is 11.8. The molecule has 0 aliphatic carbocycles. The highest BCUT2D eigenvalue weighted by molar-refractivity contribution is 5.42. The maximum absolute atomic E-state index is 5.98.